The maximum Gasteiger partial charge on any atom is -0.0162 e. The molecule has 0 amide bonds. The Morgan fingerprint density at radius 1 is 0.828 bits per heavy atom. The standard InChI is InChI=1S/C29H44/c1-4-5-6-9-24-11-15-26(16-12-24)28-19-21-29(22-20-28)27-17-13-25(14-18-27)10-7-8-23(2)3/h7-8,10-12,15-16,25,27-29H,4-6,9,13-14,17-22H2,1-3H3/b10-7+. The van der Waals surface area contributed by atoms with Gasteiger partial charge in [0, 0.05) is 0 Å². The van der Waals surface area contributed by atoms with Crippen LogP contribution >= 0.6 is 0 Å². The number of allylic oxidation sites excluding steroid dienone is 4. The molecule has 0 radical (unpaired) electrons. The number of aryl methyl sites for hydroxylation is 1. The molecule has 2 aliphatic rings. The van der Waals surface area contributed by atoms with Gasteiger partial charge in [0.1, 0.15) is 0 Å². The van der Waals surface area contributed by atoms with E-state index in [-0.39, 0.29) is 0 Å². The van der Waals surface area contributed by atoms with Crippen LogP contribution in [0.4, 0.5) is 0 Å². The van der Waals surface area contributed by atoms with Gasteiger partial charge in [-0.25, -0.2) is 0 Å². The van der Waals surface area contributed by atoms with Crippen molar-refractivity contribution in [1.82, 2.24) is 0 Å². The molecule has 0 heterocycles. The molecule has 0 aliphatic heterocycles. The van der Waals surface area contributed by atoms with Crippen LogP contribution in [0.15, 0.2) is 48.1 Å². The van der Waals surface area contributed by atoms with Gasteiger partial charge in [-0.15, -0.1) is 0 Å². The highest BCUT2D eigenvalue weighted by Crippen LogP contribution is 2.44. The van der Waals surface area contributed by atoms with E-state index in [9.17, 15) is 0 Å². The number of rotatable bonds is 8. The van der Waals surface area contributed by atoms with Crippen molar-refractivity contribution in [2.24, 2.45) is 17.8 Å². The zero-order chi connectivity index (χ0) is 20.5. The lowest BCUT2D eigenvalue weighted by Crippen LogP contribution is -2.25. The summed E-state index contributed by atoms with van der Waals surface area (Å²) in [5.74, 6) is 3.65. The fraction of sp³-hybridized carbons (Fsp3) is 0.655. The van der Waals surface area contributed by atoms with Crippen LogP contribution in [0.2, 0.25) is 0 Å². The summed E-state index contributed by atoms with van der Waals surface area (Å²) in [7, 11) is 0. The molecule has 0 saturated heterocycles. The quantitative estimate of drug-likeness (QED) is 0.306. The predicted molar refractivity (Wildman–Crippen MR) is 128 cm³/mol. The molecule has 1 aromatic carbocycles. The fourth-order valence-electron chi connectivity index (χ4n) is 5.67. The van der Waals surface area contributed by atoms with Crippen LogP contribution in [0.3, 0.4) is 0 Å². The lowest BCUT2D eigenvalue weighted by molar-refractivity contribution is 0.171. The first-order valence-corrected chi connectivity index (χ1v) is 12.6. The van der Waals surface area contributed by atoms with Gasteiger partial charge < -0.3 is 0 Å². The van der Waals surface area contributed by atoms with Gasteiger partial charge in [-0.05, 0) is 113 Å². The number of hydrogen-bond donors (Lipinski definition) is 0. The van der Waals surface area contributed by atoms with E-state index in [0.717, 1.165) is 23.7 Å². The minimum absolute atomic E-state index is 0.819. The third-order valence-electron chi connectivity index (χ3n) is 7.59. The average Bonchev–Trinajstić information content (AvgIpc) is 2.75. The number of unbranched alkanes of at least 4 members (excludes halogenated alkanes) is 2. The zero-order valence-corrected chi connectivity index (χ0v) is 19.3. The lowest BCUT2D eigenvalue weighted by Gasteiger charge is -2.37. The maximum absolute atomic E-state index is 2.46. The minimum atomic E-state index is 0.819. The van der Waals surface area contributed by atoms with Crippen LogP contribution in [0.5, 0.6) is 0 Å². The fourth-order valence-corrected chi connectivity index (χ4v) is 5.67. The molecule has 0 unspecified atom stereocenters. The molecule has 2 saturated carbocycles. The summed E-state index contributed by atoms with van der Waals surface area (Å²) in [5, 5.41) is 0. The second-order valence-electron chi connectivity index (χ2n) is 10.1. The van der Waals surface area contributed by atoms with E-state index in [1.54, 1.807) is 5.56 Å². The Hall–Kier alpha value is -1.30. The smallest absolute Gasteiger partial charge is 0.0162 e. The molecule has 160 valence electrons. The van der Waals surface area contributed by atoms with E-state index in [1.165, 1.54) is 88.2 Å². The van der Waals surface area contributed by atoms with E-state index in [2.05, 4.69) is 63.3 Å². The molecule has 2 fully saturated rings. The minimum Gasteiger partial charge on any atom is -0.0814 e. The highest BCUT2D eigenvalue weighted by molar-refractivity contribution is 5.26. The molecular formula is C29H44. The Kier molecular flexibility index (Phi) is 9.09. The molecular weight excluding hydrogens is 348 g/mol. The Labute approximate surface area is 180 Å². The van der Waals surface area contributed by atoms with Crippen molar-refractivity contribution in [3.63, 3.8) is 0 Å². The average molecular weight is 393 g/mol. The molecule has 29 heavy (non-hydrogen) atoms. The van der Waals surface area contributed by atoms with E-state index in [1.807, 2.05) is 0 Å². The molecule has 0 nitrogen and oxygen atoms in total. The van der Waals surface area contributed by atoms with Crippen LogP contribution in [0.1, 0.15) is 108 Å². The summed E-state index contributed by atoms with van der Waals surface area (Å²) < 4.78 is 0. The molecule has 0 aromatic heterocycles. The number of hydrogen-bond acceptors (Lipinski definition) is 0. The molecule has 0 bridgehead atoms. The third-order valence-corrected chi connectivity index (χ3v) is 7.59. The molecule has 0 heteroatoms. The SMILES string of the molecule is CCCCCc1ccc(C2CCC(C3CCC(/C=C/C=C(C)C)CC3)CC2)cc1. The van der Waals surface area contributed by atoms with Gasteiger partial charge in [0.2, 0.25) is 0 Å². The van der Waals surface area contributed by atoms with Crippen LogP contribution < -0.4 is 0 Å². The molecule has 3 rings (SSSR count). The maximum atomic E-state index is 2.46. The Bertz CT molecular complexity index is 627. The topological polar surface area (TPSA) is 0 Å². The van der Waals surface area contributed by atoms with Crippen molar-refractivity contribution < 1.29 is 0 Å². The molecule has 0 N–H and O–H groups in total. The van der Waals surface area contributed by atoms with Gasteiger partial charge in [-0.3, -0.25) is 0 Å². The van der Waals surface area contributed by atoms with Gasteiger partial charge >= 0.3 is 0 Å². The summed E-state index contributed by atoms with van der Waals surface area (Å²) in [6, 6.07) is 9.69. The summed E-state index contributed by atoms with van der Waals surface area (Å²) in [5.41, 5.74) is 4.54. The molecule has 0 spiro atoms. The second-order valence-corrected chi connectivity index (χ2v) is 10.1. The van der Waals surface area contributed by atoms with Crippen molar-refractivity contribution in [2.75, 3.05) is 0 Å². The summed E-state index contributed by atoms with van der Waals surface area (Å²) in [4.78, 5) is 0. The third kappa shape index (κ3) is 7.16. The first kappa shape index (κ1) is 22.4. The monoisotopic (exact) mass is 392 g/mol. The van der Waals surface area contributed by atoms with E-state index >= 15 is 0 Å². The van der Waals surface area contributed by atoms with Crippen molar-refractivity contribution in [3.05, 3.63) is 59.2 Å². The van der Waals surface area contributed by atoms with Gasteiger partial charge in [0.25, 0.3) is 0 Å². The molecule has 2 aliphatic carbocycles. The predicted octanol–water partition coefficient (Wildman–Crippen LogP) is 9.02. The number of benzene rings is 1. The normalized spacial score (nSPS) is 27.8. The largest absolute Gasteiger partial charge is 0.0814 e. The van der Waals surface area contributed by atoms with Crippen molar-refractivity contribution in [1.29, 1.82) is 0 Å². The Morgan fingerprint density at radius 3 is 2.03 bits per heavy atom. The summed E-state index contributed by atoms with van der Waals surface area (Å²) in [6.45, 7) is 6.65. The van der Waals surface area contributed by atoms with Crippen LogP contribution in [-0.4, -0.2) is 0 Å². The molecule has 0 atom stereocenters. The van der Waals surface area contributed by atoms with Crippen molar-refractivity contribution >= 4 is 0 Å². The first-order valence-electron chi connectivity index (χ1n) is 12.6. The van der Waals surface area contributed by atoms with E-state index < -0.39 is 0 Å². The highest BCUT2D eigenvalue weighted by Gasteiger charge is 2.30. The Morgan fingerprint density at radius 2 is 1.45 bits per heavy atom. The van der Waals surface area contributed by atoms with Crippen LogP contribution in [0, 0.1) is 17.8 Å². The van der Waals surface area contributed by atoms with Gasteiger partial charge in [-0.1, -0.05) is 67.8 Å². The Balaban J connectivity index is 1.40. The van der Waals surface area contributed by atoms with Crippen molar-refractivity contribution in [2.45, 2.75) is 104 Å². The van der Waals surface area contributed by atoms with E-state index in [4.69, 9.17) is 0 Å². The second kappa shape index (κ2) is 11.8. The van der Waals surface area contributed by atoms with Crippen LogP contribution in [0.25, 0.3) is 0 Å². The zero-order valence-electron chi connectivity index (χ0n) is 19.3. The summed E-state index contributed by atoms with van der Waals surface area (Å²) in [6.07, 6.45) is 23.8. The lowest BCUT2D eigenvalue weighted by atomic mass is 9.68. The molecule has 1 aromatic rings. The van der Waals surface area contributed by atoms with Gasteiger partial charge in [0.15, 0.2) is 0 Å². The van der Waals surface area contributed by atoms with Crippen LogP contribution in [-0.2, 0) is 6.42 Å². The van der Waals surface area contributed by atoms with Gasteiger partial charge in [-0.2, -0.15) is 0 Å². The highest BCUT2D eigenvalue weighted by atomic mass is 14.4. The first-order chi connectivity index (χ1) is 14.2. The van der Waals surface area contributed by atoms with E-state index in [0.29, 0.717) is 0 Å². The van der Waals surface area contributed by atoms with Crippen molar-refractivity contribution in [3.8, 4) is 0 Å². The van der Waals surface area contributed by atoms with Gasteiger partial charge in [0.05, 0.1) is 0 Å². The summed E-state index contributed by atoms with van der Waals surface area (Å²) >= 11 is 0.